The zero-order valence-corrected chi connectivity index (χ0v) is 11.5. The maximum absolute atomic E-state index is 11.4. The molecule has 2 fully saturated rings. The number of hydrogen-bond acceptors (Lipinski definition) is 4. The van der Waals surface area contributed by atoms with Crippen LogP contribution < -0.4 is 4.90 Å². The average molecular weight is 287 g/mol. The van der Waals surface area contributed by atoms with Gasteiger partial charge in [-0.25, -0.2) is 9.78 Å². The Labute approximate surface area is 115 Å². The summed E-state index contributed by atoms with van der Waals surface area (Å²) in [5, 5.41) is 12.4. The van der Waals surface area contributed by atoms with E-state index in [1.807, 2.05) is 4.90 Å². The fourth-order valence-electron chi connectivity index (χ4n) is 3.32. The Morgan fingerprint density at radius 1 is 1.50 bits per heavy atom. The van der Waals surface area contributed by atoms with E-state index < -0.39 is 12.0 Å². The van der Waals surface area contributed by atoms with Crippen LogP contribution in [0.5, 0.6) is 0 Å². The number of aromatic nitrogens is 1. The fourth-order valence-corrected chi connectivity index (χ4v) is 4.37. The second-order valence-electron chi connectivity index (χ2n) is 5.06. The van der Waals surface area contributed by atoms with Gasteiger partial charge >= 0.3 is 5.97 Å². The second-order valence-corrected chi connectivity index (χ2v) is 6.29. The zero-order chi connectivity index (χ0) is 12.7. The van der Waals surface area contributed by atoms with Crippen LogP contribution in [0.15, 0.2) is 5.38 Å². The zero-order valence-electron chi connectivity index (χ0n) is 9.88. The van der Waals surface area contributed by atoms with Crippen molar-refractivity contribution in [2.45, 2.75) is 44.2 Å². The van der Waals surface area contributed by atoms with E-state index in [4.69, 9.17) is 11.6 Å². The van der Waals surface area contributed by atoms with Crippen LogP contribution in [-0.2, 0) is 4.79 Å². The van der Waals surface area contributed by atoms with Crippen molar-refractivity contribution in [2.75, 3.05) is 4.90 Å². The van der Waals surface area contributed by atoms with Gasteiger partial charge in [-0.15, -0.1) is 11.3 Å². The number of hydrogen-bond donors (Lipinski definition) is 1. The molecule has 0 aromatic carbocycles. The molecule has 2 aliphatic rings. The summed E-state index contributed by atoms with van der Waals surface area (Å²) in [6.45, 7) is 0. The molecule has 1 aliphatic heterocycles. The van der Waals surface area contributed by atoms with Crippen molar-refractivity contribution < 1.29 is 9.90 Å². The third-order valence-electron chi connectivity index (χ3n) is 4.06. The highest BCUT2D eigenvalue weighted by Gasteiger charge is 2.46. The molecule has 3 rings (SSSR count). The smallest absolute Gasteiger partial charge is 0.326 e. The van der Waals surface area contributed by atoms with Gasteiger partial charge in [0.2, 0.25) is 0 Å². The lowest BCUT2D eigenvalue weighted by atomic mass is 9.85. The molecule has 3 atom stereocenters. The van der Waals surface area contributed by atoms with Crippen LogP contribution in [0.1, 0.15) is 32.1 Å². The predicted molar refractivity (Wildman–Crippen MR) is 71.4 cm³/mol. The van der Waals surface area contributed by atoms with Crippen LogP contribution in [0.2, 0.25) is 5.15 Å². The van der Waals surface area contributed by atoms with Gasteiger partial charge in [-0.1, -0.05) is 24.4 Å². The van der Waals surface area contributed by atoms with Gasteiger partial charge in [0, 0.05) is 11.4 Å². The summed E-state index contributed by atoms with van der Waals surface area (Å²) in [6, 6.07) is -0.0950. The quantitative estimate of drug-likeness (QED) is 0.908. The van der Waals surface area contributed by atoms with Gasteiger partial charge in [-0.2, -0.15) is 0 Å². The van der Waals surface area contributed by atoms with Crippen LogP contribution in [0.25, 0.3) is 0 Å². The van der Waals surface area contributed by atoms with Gasteiger partial charge in [-0.3, -0.25) is 0 Å². The predicted octanol–water partition coefficient (Wildman–Crippen LogP) is 3.02. The maximum Gasteiger partial charge on any atom is 0.326 e. The summed E-state index contributed by atoms with van der Waals surface area (Å²) in [6.07, 6.45) is 5.37. The summed E-state index contributed by atoms with van der Waals surface area (Å²) >= 11 is 7.31. The lowest BCUT2D eigenvalue weighted by molar-refractivity contribution is -0.138. The van der Waals surface area contributed by atoms with E-state index in [0.29, 0.717) is 17.1 Å². The second kappa shape index (κ2) is 4.70. The Bertz CT molecular complexity index is 465. The third-order valence-corrected chi connectivity index (χ3v) is 5.24. The van der Waals surface area contributed by atoms with Gasteiger partial charge in [-0.05, 0) is 25.2 Å². The van der Waals surface area contributed by atoms with Crippen LogP contribution in [-0.4, -0.2) is 28.1 Å². The van der Waals surface area contributed by atoms with E-state index in [1.165, 1.54) is 24.2 Å². The molecule has 1 aromatic rings. The topological polar surface area (TPSA) is 53.4 Å². The SMILES string of the molecule is O=C(O)C1CC2CCCCC2N1c1nc(Cl)cs1. The van der Waals surface area contributed by atoms with Gasteiger partial charge in [0.25, 0.3) is 0 Å². The summed E-state index contributed by atoms with van der Waals surface area (Å²) in [4.78, 5) is 17.7. The number of carboxylic acid groups (broad SMARTS) is 1. The number of rotatable bonds is 2. The van der Waals surface area contributed by atoms with Crippen LogP contribution in [0.3, 0.4) is 0 Å². The number of carboxylic acids is 1. The van der Waals surface area contributed by atoms with Gasteiger partial charge < -0.3 is 10.0 Å². The molecule has 1 aliphatic carbocycles. The molecule has 4 nitrogen and oxygen atoms in total. The summed E-state index contributed by atoms with van der Waals surface area (Å²) in [5.41, 5.74) is 0. The minimum Gasteiger partial charge on any atom is -0.480 e. The van der Waals surface area contributed by atoms with E-state index in [9.17, 15) is 9.90 Å². The van der Waals surface area contributed by atoms with Crippen LogP contribution in [0.4, 0.5) is 5.13 Å². The number of halogens is 1. The Kier molecular flexibility index (Phi) is 3.20. The molecule has 0 amide bonds. The Morgan fingerprint density at radius 3 is 2.94 bits per heavy atom. The molecule has 1 N–H and O–H groups in total. The standard InChI is InChI=1S/C12H15ClN2O2S/c13-10-6-18-12(14-10)15-8-4-2-1-3-7(8)5-9(15)11(16)17/h6-9H,1-5H2,(H,16,17). The molecule has 6 heteroatoms. The molecule has 1 aromatic heterocycles. The highest BCUT2D eigenvalue weighted by atomic mass is 35.5. The number of anilines is 1. The van der Waals surface area contributed by atoms with Crippen molar-refractivity contribution in [2.24, 2.45) is 5.92 Å². The Balaban J connectivity index is 1.94. The molecule has 0 spiro atoms. The molecule has 2 heterocycles. The highest BCUT2D eigenvalue weighted by Crippen LogP contribution is 2.43. The summed E-state index contributed by atoms with van der Waals surface area (Å²) in [7, 11) is 0. The lowest BCUT2D eigenvalue weighted by Gasteiger charge is -2.32. The largest absolute Gasteiger partial charge is 0.480 e. The van der Waals surface area contributed by atoms with Crippen molar-refractivity contribution in [3.05, 3.63) is 10.5 Å². The summed E-state index contributed by atoms with van der Waals surface area (Å²) < 4.78 is 0. The first-order chi connectivity index (χ1) is 8.66. The first kappa shape index (κ1) is 12.2. The van der Waals surface area contributed by atoms with Crippen molar-refractivity contribution in [3.8, 4) is 0 Å². The average Bonchev–Trinajstić information content (AvgIpc) is 2.92. The van der Waals surface area contributed by atoms with E-state index >= 15 is 0 Å². The minimum absolute atomic E-state index is 0.335. The molecule has 3 unspecified atom stereocenters. The number of nitrogens with zero attached hydrogens (tertiary/aromatic N) is 2. The summed E-state index contributed by atoms with van der Waals surface area (Å²) in [5.74, 6) is -0.238. The maximum atomic E-state index is 11.4. The molecular weight excluding hydrogens is 272 g/mol. The van der Waals surface area contributed by atoms with Gasteiger partial charge in [0.15, 0.2) is 5.13 Å². The minimum atomic E-state index is -0.740. The van der Waals surface area contributed by atoms with Gasteiger partial charge in [0.1, 0.15) is 11.2 Å². The fraction of sp³-hybridized carbons (Fsp3) is 0.667. The molecule has 0 radical (unpaired) electrons. The first-order valence-electron chi connectivity index (χ1n) is 6.29. The van der Waals surface area contributed by atoms with Crippen molar-refractivity contribution >= 4 is 34.0 Å². The monoisotopic (exact) mass is 286 g/mol. The van der Waals surface area contributed by atoms with E-state index in [0.717, 1.165) is 24.4 Å². The van der Waals surface area contributed by atoms with Crippen molar-refractivity contribution in [1.82, 2.24) is 4.98 Å². The number of thiazole rings is 1. The Hall–Kier alpha value is -0.810. The van der Waals surface area contributed by atoms with E-state index in [1.54, 1.807) is 5.38 Å². The number of fused-ring (bicyclic) bond motifs is 1. The van der Waals surface area contributed by atoms with E-state index in [2.05, 4.69) is 4.98 Å². The van der Waals surface area contributed by atoms with Crippen LogP contribution >= 0.6 is 22.9 Å². The Morgan fingerprint density at radius 2 is 2.28 bits per heavy atom. The lowest BCUT2D eigenvalue weighted by Crippen LogP contribution is -2.42. The molecule has 98 valence electrons. The molecule has 0 bridgehead atoms. The van der Waals surface area contributed by atoms with Gasteiger partial charge in [0.05, 0.1) is 0 Å². The normalized spacial score (nSPS) is 31.4. The van der Waals surface area contributed by atoms with Crippen LogP contribution in [0, 0.1) is 5.92 Å². The van der Waals surface area contributed by atoms with Crippen molar-refractivity contribution in [3.63, 3.8) is 0 Å². The van der Waals surface area contributed by atoms with E-state index in [-0.39, 0.29) is 0 Å². The highest BCUT2D eigenvalue weighted by molar-refractivity contribution is 7.14. The first-order valence-corrected chi connectivity index (χ1v) is 7.55. The number of aliphatic carboxylic acids is 1. The molecule has 1 saturated heterocycles. The molecule has 1 saturated carbocycles. The number of carbonyl (C=O) groups is 1. The third kappa shape index (κ3) is 1.99. The van der Waals surface area contributed by atoms with Crippen molar-refractivity contribution in [1.29, 1.82) is 0 Å². The molecule has 18 heavy (non-hydrogen) atoms. The molecular formula is C12H15ClN2O2S.